The Labute approximate surface area is 295 Å². The summed E-state index contributed by atoms with van der Waals surface area (Å²) in [5.41, 5.74) is 12.1. The number of nitrogens with zero attached hydrogens (tertiary/aromatic N) is 5. The van der Waals surface area contributed by atoms with Crippen LogP contribution in [0.5, 0.6) is 0 Å². The van der Waals surface area contributed by atoms with Gasteiger partial charge in [0.15, 0.2) is 0 Å². The summed E-state index contributed by atoms with van der Waals surface area (Å²) in [6.45, 7) is 11.1. The van der Waals surface area contributed by atoms with E-state index in [4.69, 9.17) is 14.4 Å². The molecule has 6 nitrogen and oxygen atoms in total. The van der Waals surface area contributed by atoms with Crippen LogP contribution in [0.15, 0.2) is 114 Å². The van der Waals surface area contributed by atoms with Gasteiger partial charge in [-0.1, -0.05) is 76.2 Å². The number of imidazole rings is 1. The standard InChI is InChI=1S/C45H35N5O/c1-25(2)37-22-31(30-15-14-28-9-6-7-10-29(28)21-30)23-38(26(3)4)41(37)50-42-35-17-13-27(5)47-39(35)19-20-40(42)49-44(50)36-12-8-11-33-34-18-16-32(24-46)48-45(34)51-43(33)36/h6-23,25-26H,1-5H3. The van der Waals surface area contributed by atoms with Crippen LogP contribution in [0.4, 0.5) is 0 Å². The van der Waals surface area contributed by atoms with Crippen molar-refractivity contribution in [1.29, 1.82) is 5.26 Å². The largest absolute Gasteiger partial charge is 0.437 e. The van der Waals surface area contributed by atoms with Crippen LogP contribution in [0.3, 0.4) is 0 Å². The van der Waals surface area contributed by atoms with Gasteiger partial charge in [-0.2, -0.15) is 5.26 Å². The van der Waals surface area contributed by atoms with E-state index in [1.807, 2.05) is 25.1 Å². The third kappa shape index (κ3) is 4.88. The SMILES string of the molecule is Cc1ccc2c(ccc3nc(-c4cccc5c4oc4nc(C#N)ccc45)n(-c4c(C(C)C)cc(-c5ccc6ccccc6c5)cc4C(C)C)c32)n1. The molecule has 0 N–H and O–H groups in total. The molecule has 6 heteroatoms. The fraction of sp³-hybridized carbons (Fsp3) is 0.156. The summed E-state index contributed by atoms with van der Waals surface area (Å²) in [6, 6.07) is 40.4. The number of pyridine rings is 2. The second-order valence-corrected chi connectivity index (χ2v) is 14.0. The Morgan fingerprint density at radius 2 is 1.39 bits per heavy atom. The number of nitriles is 1. The average Bonchev–Trinajstić information content (AvgIpc) is 3.72. The predicted octanol–water partition coefficient (Wildman–Crippen LogP) is 11.8. The summed E-state index contributed by atoms with van der Waals surface area (Å²) in [6.07, 6.45) is 0. The van der Waals surface area contributed by atoms with E-state index >= 15 is 0 Å². The lowest BCUT2D eigenvalue weighted by Crippen LogP contribution is -2.09. The third-order valence-corrected chi connectivity index (χ3v) is 10.1. The summed E-state index contributed by atoms with van der Waals surface area (Å²) >= 11 is 0. The molecule has 51 heavy (non-hydrogen) atoms. The Hall–Kier alpha value is -6.32. The molecule has 0 spiro atoms. The zero-order valence-electron chi connectivity index (χ0n) is 29.2. The molecule has 0 saturated carbocycles. The Bertz CT molecular complexity index is 2870. The number of aryl methyl sites for hydroxylation is 1. The van der Waals surface area contributed by atoms with Gasteiger partial charge in [0, 0.05) is 21.9 Å². The lowest BCUT2D eigenvalue weighted by molar-refractivity contribution is 0.654. The monoisotopic (exact) mass is 661 g/mol. The highest BCUT2D eigenvalue weighted by Gasteiger charge is 2.27. The van der Waals surface area contributed by atoms with E-state index in [9.17, 15) is 5.26 Å². The van der Waals surface area contributed by atoms with Gasteiger partial charge in [0.05, 0.1) is 27.8 Å². The van der Waals surface area contributed by atoms with Crippen molar-refractivity contribution in [2.75, 3.05) is 0 Å². The summed E-state index contributed by atoms with van der Waals surface area (Å²) in [5.74, 6) is 1.19. The number of hydrogen-bond donors (Lipinski definition) is 0. The third-order valence-electron chi connectivity index (χ3n) is 10.1. The molecule has 0 amide bonds. The van der Waals surface area contributed by atoms with Crippen LogP contribution in [0.2, 0.25) is 0 Å². The Morgan fingerprint density at radius 3 is 2.16 bits per heavy atom. The van der Waals surface area contributed by atoms with Gasteiger partial charge < -0.3 is 4.42 Å². The molecule has 0 aliphatic carbocycles. The van der Waals surface area contributed by atoms with Gasteiger partial charge in [-0.25, -0.2) is 9.97 Å². The minimum Gasteiger partial charge on any atom is -0.437 e. The smallest absolute Gasteiger partial charge is 0.228 e. The fourth-order valence-corrected chi connectivity index (χ4v) is 7.54. The molecule has 0 unspecified atom stereocenters. The van der Waals surface area contributed by atoms with Gasteiger partial charge in [-0.05, 0) is 112 Å². The van der Waals surface area contributed by atoms with Gasteiger partial charge in [-0.3, -0.25) is 9.55 Å². The number of hydrogen-bond acceptors (Lipinski definition) is 5. The van der Waals surface area contributed by atoms with Gasteiger partial charge in [-0.15, -0.1) is 0 Å². The fourth-order valence-electron chi connectivity index (χ4n) is 7.54. The minimum absolute atomic E-state index is 0.203. The van der Waals surface area contributed by atoms with Gasteiger partial charge in [0.25, 0.3) is 0 Å². The van der Waals surface area contributed by atoms with E-state index in [0.717, 1.165) is 55.5 Å². The summed E-state index contributed by atoms with van der Waals surface area (Å²) in [7, 11) is 0. The van der Waals surface area contributed by atoms with Crippen LogP contribution in [-0.4, -0.2) is 19.5 Å². The lowest BCUT2D eigenvalue weighted by atomic mass is 9.87. The van der Waals surface area contributed by atoms with E-state index < -0.39 is 0 Å². The van der Waals surface area contributed by atoms with Crippen molar-refractivity contribution in [2.24, 2.45) is 0 Å². The van der Waals surface area contributed by atoms with E-state index in [1.54, 1.807) is 6.07 Å². The zero-order chi connectivity index (χ0) is 35.0. The van der Waals surface area contributed by atoms with E-state index in [2.05, 4.69) is 128 Å². The summed E-state index contributed by atoms with van der Waals surface area (Å²) in [5, 5.41) is 14.9. The quantitative estimate of drug-likeness (QED) is 0.183. The molecule has 0 aliphatic rings. The zero-order valence-corrected chi connectivity index (χ0v) is 29.2. The Morgan fingerprint density at radius 1 is 0.647 bits per heavy atom. The molecule has 0 bridgehead atoms. The van der Waals surface area contributed by atoms with E-state index in [0.29, 0.717) is 17.0 Å². The number of fused-ring (bicyclic) bond motifs is 7. The van der Waals surface area contributed by atoms with Gasteiger partial charge in [0.1, 0.15) is 23.2 Å². The maximum absolute atomic E-state index is 9.56. The topological polar surface area (TPSA) is 80.5 Å². The minimum atomic E-state index is 0.203. The van der Waals surface area contributed by atoms with Crippen molar-refractivity contribution in [3.8, 4) is 34.3 Å². The molecule has 5 aromatic carbocycles. The highest BCUT2D eigenvalue weighted by molar-refractivity contribution is 6.10. The molecule has 9 rings (SSSR count). The molecule has 0 fully saturated rings. The van der Waals surface area contributed by atoms with Crippen LogP contribution in [-0.2, 0) is 0 Å². The number of rotatable bonds is 5. The molecule has 4 heterocycles. The summed E-state index contributed by atoms with van der Waals surface area (Å²) in [4.78, 5) is 14.8. The number of furan rings is 1. The molecule has 4 aromatic heterocycles. The first-order chi connectivity index (χ1) is 24.8. The number of benzene rings is 5. The van der Waals surface area contributed by atoms with Crippen LogP contribution >= 0.6 is 0 Å². The second-order valence-electron chi connectivity index (χ2n) is 14.0. The van der Waals surface area contributed by atoms with E-state index in [-0.39, 0.29) is 11.8 Å². The first-order valence-corrected chi connectivity index (χ1v) is 17.5. The molecule has 9 aromatic rings. The van der Waals surface area contributed by atoms with Crippen LogP contribution in [0, 0.1) is 18.3 Å². The maximum atomic E-state index is 9.56. The van der Waals surface area contributed by atoms with E-state index in [1.165, 1.54) is 33.0 Å². The molecule has 0 atom stereocenters. The molecule has 246 valence electrons. The van der Waals surface area contributed by atoms with Crippen LogP contribution in [0.25, 0.3) is 83.0 Å². The van der Waals surface area contributed by atoms with Crippen molar-refractivity contribution in [1.82, 2.24) is 19.5 Å². The van der Waals surface area contributed by atoms with Crippen molar-refractivity contribution in [2.45, 2.75) is 46.5 Å². The number of para-hydroxylation sites is 1. The molecular weight excluding hydrogens is 627 g/mol. The normalized spacial score (nSPS) is 12.0. The second kappa shape index (κ2) is 11.6. The highest BCUT2D eigenvalue weighted by atomic mass is 16.3. The molecule has 0 aliphatic heterocycles. The van der Waals surface area contributed by atoms with Crippen LogP contribution < -0.4 is 0 Å². The summed E-state index contributed by atoms with van der Waals surface area (Å²) < 4.78 is 8.87. The van der Waals surface area contributed by atoms with Crippen molar-refractivity contribution >= 4 is 54.8 Å². The first kappa shape index (κ1) is 30.7. The van der Waals surface area contributed by atoms with Crippen LogP contribution in [0.1, 0.15) is 62.0 Å². The lowest BCUT2D eigenvalue weighted by Gasteiger charge is -2.25. The van der Waals surface area contributed by atoms with Crippen molar-refractivity contribution < 1.29 is 4.42 Å². The van der Waals surface area contributed by atoms with Crippen molar-refractivity contribution in [3.63, 3.8) is 0 Å². The first-order valence-electron chi connectivity index (χ1n) is 17.5. The Kier molecular flexibility index (Phi) is 7.01. The predicted molar refractivity (Wildman–Crippen MR) is 207 cm³/mol. The maximum Gasteiger partial charge on any atom is 0.228 e. The Balaban J connectivity index is 1.41. The molecular formula is C45H35N5O. The van der Waals surface area contributed by atoms with Gasteiger partial charge in [0.2, 0.25) is 5.71 Å². The molecule has 0 saturated heterocycles. The molecule has 0 radical (unpaired) electrons. The highest BCUT2D eigenvalue weighted by Crippen LogP contribution is 2.44. The van der Waals surface area contributed by atoms with Gasteiger partial charge >= 0.3 is 0 Å². The average molecular weight is 662 g/mol. The van der Waals surface area contributed by atoms with Crippen molar-refractivity contribution in [3.05, 3.63) is 132 Å². The number of aromatic nitrogens is 4.